The van der Waals surface area contributed by atoms with Crippen LogP contribution in [0.2, 0.25) is 5.02 Å². The normalized spacial score (nSPS) is 20.3. The molecule has 0 bridgehead atoms. The third-order valence-electron chi connectivity index (χ3n) is 3.50. The molecule has 3 rings (SSSR count). The number of rotatable bonds is 4. The SMILES string of the molecule is CC1CC1C(=O)NCc1noc(-c2ccc(Cl)cc2F)n1. The summed E-state index contributed by atoms with van der Waals surface area (Å²) in [5.74, 6) is 0.355. The molecule has 1 aliphatic carbocycles. The highest BCUT2D eigenvalue weighted by Crippen LogP contribution is 2.37. The molecule has 21 heavy (non-hydrogen) atoms. The second-order valence-corrected chi connectivity index (χ2v) is 5.61. The van der Waals surface area contributed by atoms with Crippen molar-refractivity contribution >= 4 is 17.5 Å². The highest BCUT2D eigenvalue weighted by molar-refractivity contribution is 6.30. The fraction of sp³-hybridized carbons (Fsp3) is 0.357. The Labute approximate surface area is 125 Å². The van der Waals surface area contributed by atoms with Gasteiger partial charge in [-0.3, -0.25) is 4.79 Å². The maximum Gasteiger partial charge on any atom is 0.260 e. The molecular weight excluding hydrogens is 297 g/mol. The summed E-state index contributed by atoms with van der Waals surface area (Å²) < 4.78 is 18.7. The minimum absolute atomic E-state index is 0.00785. The Kier molecular flexibility index (Phi) is 3.63. The van der Waals surface area contributed by atoms with Gasteiger partial charge in [-0.15, -0.1) is 0 Å². The number of nitrogens with zero attached hydrogens (tertiary/aromatic N) is 2. The van der Waals surface area contributed by atoms with E-state index in [1.807, 2.05) is 6.92 Å². The molecule has 1 aromatic carbocycles. The lowest BCUT2D eigenvalue weighted by molar-refractivity contribution is -0.122. The van der Waals surface area contributed by atoms with Gasteiger partial charge in [0, 0.05) is 10.9 Å². The molecule has 2 aromatic rings. The van der Waals surface area contributed by atoms with Gasteiger partial charge in [0.05, 0.1) is 12.1 Å². The summed E-state index contributed by atoms with van der Waals surface area (Å²) in [4.78, 5) is 15.8. The Hall–Kier alpha value is -1.95. The van der Waals surface area contributed by atoms with Crippen LogP contribution in [0.3, 0.4) is 0 Å². The van der Waals surface area contributed by atoms with Gasteiger partial charge < -0.3 is 9.84 Å². The number of aromatic nitrogens is 2. The van der Waals surface area contributed by atoms with Crippen LogP contribution in [0.25, 0.3) is 11.5 Å². The van der Waals surface area contributed by atoms with Crippen LogP contribution in [0, 0.1) is 17.7 Å². The third-order valence-corrected chi connectivity index (χ3v) is 3.73. The van der Waals surface area contributed by atoms with E-state index in [4.69, 9.17) is 16.1 Å². The Balaban J connectivity index is 1.67. The van der Waals surface area contributed by atoms with E-state index in [0.29, 0.717) is 16.8 Å². The lowest BCUT2D eigenvalue weighted by Crippen LogP contribution is -2.25. The van der Waals surface area contributed by atoms with Gasteiger partial charge in [-0.1, -0.05) is 23.7 Å². The molecule has 2 atom stereocenters. The number of hydrogen-bond donors (Lipinski definition) is 1. The Morgan fingerprint density at radius 3 is 3.00 bits per heavy atom. The third kappa shape index (κ3) is 3.05. The first kappa shape index (κ1) is 14.0. The zero-order chi connectivity index (χ0) is 15.0. The molecule has 0 aliphatic heterocycles. The molecule has 1 aromatic heterocycles. The van der Waals surface area contributed by atoms with Gasteiger partial charge >= 0.3 is 0 Å². The van der Waals surface area contributed by atoms with Crippen LogP contribution >= 0.6 is 11.6 Å². The molecule has 1 N–H and O–H groups in total. The van der Waals surface area contributed by atoms with E-state index < -0.39 is 5.82 Å². The van der Waals surface area contributed by atoms with Crippen molar-refractivity contribution in [1.82, 2.24) is 15.5 Å². The number of halogens is 2. The van der Waals surface area contributed by atoms with Gasteiger partial charge in [0.2, 0.25) is 5.91 Å². The zero-order valence-electron chi connectivity index (χ0n) is 11.3. The summed E-state index contributed by atoms with van der Waals surface area (Å²) in [7, 11) is 0. The molecule has 7 heteroatoms. The second-order valence-electron chi connectivity index (χ2n) is 5.18. The molecule has 1 amide bonds. The fourth-order valence-corrected chi connectivity index (χ4v) is 2.24. The monoisotopic (exact) mass is 309 g/mol. The number of carbonyl (C=O) groups is 1. The lowest BCUT2D eigenvalue weighted by Gasteiger charge is -1.99. The van der Waals surface area contributed by atoms with Crippen molar-refractivity contribution in [2.45, 2.75) is 19.9 Å². The van der Waals surface area contributed by atoms with Crippen molar-refractivity contribution in [3.63, 3.8) is 0 Å². The van der Waals surface area contributed by atoms with Crippen molar-refractivity contribution in [3.05, 3.63) is 34.9 Å². The predicted molar refractivity (Wildman–Crippen MR) is 73.8 cm³/mol. The standard InChI is InChI=1S/C14H13ClFN3O2/c1-7-4-10(7)13(20)17-6-12-18-14(21-19-12)9-3-2-8(15)5-11(9)16/h2-3,5,7,10H,4,6H2,1H3,(H,17,20). The van der Waals surface area contributed by atoms with Gasteiger partial charge in [0.1, 0.15) is 5.82 Å². The van der Waals surface area contributed by atoms with E-state index in [2.05, 4.69) is 15.5 Å². The van der Waals surface area contributed by atoms with Gasteiger partial charge in [0.25, 0.3) is 5.89 Å². The van der Waals surface area contributed by atoms with Crippen LogP contribution in [0.4, 0.5) is 4.39 Å². The first-order chi connectivity index (χ1) is 10.0. The van der Waals surface area contributed by atoms with Crippen molar-refractivity contribution in [1.29, 1.82) is 0 Å². The van der Waals surface area contributed by atoms with Crippen LogP contribution in [0.15, 0.2) is 22.7 Å². The highest BCUT2D eigenvalue weighted by Gasteiger charge is 2.38. The van der Waals surface area contributed by atoms with E-state index in [-0.39, 0.29) is 29.8 Å². The van der Waals surface area contributed by atoms with Crippen molar-refractivity contribution in [2.75, 3.05) is 0 Å². The lowest BCUT2D eigenvalue weighted by atomic mass is 10.2. The van der Waals surface area contributed by atoms with Gasteiger partial charge in [-0.05, 0) is 30.5 Å². The molecule has 5 nitrogen and oxygen atoms in total. The summed E-state index contributed by atoms with van der Waals surface area (Å²) in [6.45, 7) is 2.20. The molecule has 2 unspecified atom stereocenters. The molecule has 1 saturated carbocycles. The first-order valence-corrected chi connectivity index (χ1v) is 6.98. The summed E-state index contributed by atoms with van der Waals surface area (Å²) in [5, 5.41) is 6.76. The van der Waals surface area contributed by atoms with Crippen LogP contribution in [0.5, 0.6) is 0 Å². The predicted octanol–water partition coefficient (Wildman–Crippen LogP) is 2.80. The maximum absolute atomic E-state index is 13.7. The summed E-state index contributed by atoms with van der Waals surface area (Å²) in [5.41, 5.74) is 0.181. The van der Waals surface area contributed by atoms with E-state index in [9.17, 15) is 9.18 Å². The molecule has 1 heterocycles. The zero-order valence-corrected chi connectivity index (χ0v) is 12.0. The van der Waals surface area contributed by atoms with Crippen molar-refractivity contribution < 1.29 is 13.7 Å². The summed E-state index contributed by atoms with van der Waals surface area (Å²) in [6.07, 6.45) is 0.916. The number of benzene rings is 1. The van der Waals surface area contributed by atoms with Gasteiger partial charge in [0.15, 0.2) is 5.82 Å². The molecular formula is C14H13ClFN3O2. The molecule has 0 spiro atoms. The average Bonchev–Trinajstić information content (AvgIpc) is 2.99. The number of amides is 1. The summed E-state index contributed by atoms with van der Waals surface area (Å²) in [6, 6.07) is 4.19. The van der Waals surface area contributed by atoms with E-state index in [1.165, 1.54) is 12.1 Å². The highest BCUT2D eigenvalue weighted by atomic mass is 35.5. The number of nitrogens with one attached hydrogen (secondary N) is 1. The van der Waals surface area contributed by atoms with E-state index in [0.717, 1.165) is 6.42 Å². The van der Waals surface area contributed by atoms with Crippen LogP contribution in [0.1, 0.15) is 19.2 Å². The Bertz CT molecular complexity index is 689. The average molecular weight is 310 g/mol. The van der Waals surface area contributed by atoms with Crippen LogP contribution < -0.4 is 5.32 Å². The Morgan fingerprint density at radius 1 is 1.57 bits per heavy atom. The van der Waals surface area contributed by atoms with Gasteiger partial charge in [-0.25, -0.2) is 4.39 Å². The molecule has 1 aliphatic rings. The number of hydrogen-bond acceptors (Lipinski definition) is 4. The fourth-order valence-electron chi connectivity index (χ4n) is 2.08. The molecule has 110 valence electrons. The van der Waals surface area contributed by atoms with Crippen LogP contribution in [-0.4, -0.2) is 16.0 Å². The summed E-state index contributed by atoms with van der Waals surface area (Å²) >= 11 is 5.69. The molecule has 0 saturated heterocycles. The smallest absolute Gasteiger partial charge is 0.260 e. The number of carbonyl (C=O) groups excluding carboxylic acids is 1. The minimum atomic E-state index is -0.534. The second kappa shape index (κ2) is 5.44. The minimum Gasteiger partial charge on any atom is -0.348 e. The molecule has 0 radical (unpaired) electrons. The van der Waals surface area contributed by atoms with Crippen molar-refractivity contribution in [3.8, 4) is 11.5 Å². The quantitative estimate of drug-likeness (QED) is 0.943. The Morgan fingerprint density at radius 2 is 2.33 bits per heavy atom. The largest absolute Gasteiger partial charge is 0.348 e. The first-order valence-electron chi connectivity index (χ1n) is 6.60. The topological polar surface area (TPSA) is 68.0 Å². The van der Waals surface area contributed by atoms with Gasteiger partial charge in [-0.2, -0.15) is 4.98 Å². The van der Waals surface area contributed by atoms with Crippen LogP contribution in [-0.2, 0) is 11.3 Å². The van der Waals surface area contributed by atoms with E-state index >= 15 is 0 Å². The maximum atomic E-state index is 13.7. The van der Waals surface area contributed by atoms with Crippen molar-refractivity contribution in [2.24, 2.45) is 11.8 Å². The van der Waals surface area contributed by atoms with E-state index in [1.54, 1.807) is 6.07 Å². The molecule has 1 fully saturated rings.